The van der Waals surface area contributed by atoms with E-state index in [1.54, 1.807) is 18.5 Å². The second-order valence-corrected chi connectivity index (χ2v) is 6.13. The predicted molar refractivity (Wildman–Crippen MR) is 88.6 cm³/mol. The lowest BCUT2D eigenvalue weighted by Gasteiger charge is -2.23. The Labute approximate surface area is 144 Å². The Hall–Kier alpha value is -3.03. The third-order valence-corrected chi connectivity index (χ3v) is 4.52. The molecular weight excluding hydrogens is 320 g/mol. The van der Waals surface area contributed by atoms with E-state index >= 15 is 0 Å². The van der Waals surface area contributed by atoms with Crippen molar-refractivity contribution in [3.05, 3.63) is 47.4 Å². The highest BCUT2D eigenvalue weighted by Gasteiger charge is 2.32. The zero-order chi connectivity index (χ0) is 17.4. The van der Waals surface area contributed by atoms with Crippen LogP contribution in [0, 0.1) is 13.8 Å². The number of H-pyrrole nitrogens is 1. The fraction of sp³-hybridized carbons (Fsp3) is 0.353. The molecule has 1 aliphatic heterocycles. The fourth-order valence-electron chi connectivity index (χ4n) is 3.33. The van der Waals surface area contributed by atoms with E-state index in [0.717, 1.165) is 29.8 Å². The first-order valence-electron chi connectivity index (χ1n) is 8.21. The summed E-state index contributed by atoms with van der Waals surface area (Å²) in [5.74, 6) is 1.21. The number of carbonyl (C=O) groups excluding carboxylic acids is 1. The molecule has 3 aromatic heterocycles. The zero-order valence-electron chi connectivity index (χ0n) is 14.1. The summed E-state index contributed by atoms with van der Waals surface area (Å²) in [6, 6.07) is 3.48. The Bertz CT molecular complexity index is 882. The van der Waals surface area contributed by atoms with E-state index in [2.05, 4.69) is 20.3 Å². The highest BCUT2D eigenvalue weighted by Crippen LogP contribution is 2.33. The van der Waals surface area contributed by atoms with Gasteiger partial charge in [0, 0.05) is 18.9 Å². The van der Waals surface area contributed by atoms with Gasteiger partial charge in [-0.3, -0.25) is 9.89 Å². The Morgan fingerprint density at radius 2 is 2.20 bits per heavy atom. The van der Waals surface area contributed by atoms with Crippen LogP contribution in [0.4, 0.5) is 0 Å². The molecule has 1 aliphatic rings. The molecule has 1 saturated heterocycles. The molecule has 4 heterocycles. The summed E-state index contributed by atoms with van der Waals surface area (Å²) >= 11 is 0. The first-order chi connectivity index (χ1) is 12.1. The number of aromatic nitrogens is 5. The van der Waals surface area contributed by atoms with Gasteiger partial charge in [-0.05, 0) is 38.8 Å². The third kappa shape index (κ3) is 2.69. The summed E-state index contributed by atoms with van der Waals surface area (Å²) < 4.78 is 5.22. The van der Waals surface area contributed by atoms with E-state index < -0.39 is 0 Å². The van der Waals surface area contributed by atoms with E-state index in [4.69, 9.17) is 9.51 Å². The van der Waals surface area contributed by atoms with Gasteiger partial charge in [0.2, 0.25) is 0 Å². The van der Waals surface area contributed by atoms with Gasteiger partial charge in [-0.25, -0.2) is 9.97 Å². The van der Waals surface area contributed by atoms with Crippen LogP contribution in [0.1, 0.15) is 46.5 Å². The van der Waals surface area contributed by atoms with E-state index in [9.17, 15) is 4.79 Å². The number of aryl methyl sites for hydroxylation is 2. The molecule has 0 unspecified atom stereocenters. The SMILES string of the molecule is Cc1noc(C)c1-c1nccc([C@@H]2CCCN2C(=O)c2ccn[nH]2)n1. The van der Waals surface area contributed by atoms with Gasteiger partial charge in [0.05, 0.1) is 23.0 Å². The normalized spacial score (nSPS) is 17.2. The summed E-state index contributed by atoms with van der Waals surface area (Å²) in [5, 5.41) is 10.6. The summed E-state index contributed by atoms with van der Waals surface area (Å²) in [6.07, 6.45) is 5.12. The van der Waals surface area contributed by atoms with E-state index in [1.165, 1.54) is 0 Å². The van der Waals surface area contributed by atoms with Crippen LogP contribution < -0.4 is 0 Å². The highest BCUT2D eigenvalue weighted by molar-refractivity contribution is 5.92. The smallest absolute Gasteiger partial charge is 0.272 e. The zero-order valence-corrected chi connectivity index (χ0v) is 14.1. The van der Waals surface area contributed by atoms with Gasteiger partial charge < -0.3 is 9.42 Å². The molecule has 4 rings (SSSR count). The van der Waals surface area contributed by atoms with Crippen LogP contribution in [0.15, 0.2) is 29.0 Å². The van der Waals surface area contributed by atoms with Crippen LogP contribution in [0.25, 0.3) is 11.4 Å². The second-order valence-electron chi connectivity index (χ2n) is 6.13. The molecule has 128 valence electrons. The van der Waals surface area contributed by atoms with Gasteiger partial charge >= 0.3 is 0 Å². The highest BCUT2D eigenvalue weighted by atomic mass is 16.5. The quantitative estimate of drug-likeness (QED) is 0.787. The van der Waals surface area contributed by atoms with Gasteiger partial charge in [0.25, 0.3) is 5.91 Å². The number of likely N-dealkylation sites (tertiary alicyclic amines) is 1. The van der Waals surface area contributed by atoms with Crippen molar-refractivity contribution in [2.24, 2.45) is 0 Å². The average molecular weight is 338 g/mol. The number of carbonyl (C=O) groups is 1. The minimum Gasteiger partial charge on any atom is -0.361 e. The Morgan fingerprint density at radius 1 is 1.32 bits per heavy atom. The molecule has 0 bridgehead atoms. The lowest BCUT2D eigenvalue weighted by Crippen LogP contribution is -2.31. The van der Waals surface area contributed by atoms with Gasteiger partial charge in [0.15, 0.2) is 5.82 Å². The first kappa shape index (κ1) is 15.5. The third-order valence-electron chi connectivity index (χ3n) is 4.52. The molecule has 8 nitrogen and oxygen atoms in total. The fourth-order valence-corrected chi connectivity index (χ4v) is 3.33. The van der Waals surface area contributed by atoms with Gasteiger partial charge in [-0.15, -0.1) is 0 Å². The predicted octanol–water partition coefficient (Wildman–Crippen LogP) is 2.45. The Kier molecular flexibility index (Phi) is 3.79. The molecule has 1 N–H and O–H groups in total. The number of nitrogens with one attached hydrogen (secondary N) is 1. The number of hydrogen-bond donors (Lipinski definition) is 1. The van der Waals surface area contributed by atoms with E-state index in [0.29, 0.717) is 23.8 Å². The topological polar surface area (TPSA) is 101 Å². The molecule has 0 radical (unpaired) electrons. The molecule has 1 fully saturated rings. The van der Waals surface area contributed by atoms with Crippen LogP contribution >= 0.6 is 0 Å². The van der Waals surface area contributed by atoms with Crippen molar-refractivity contribution < 1.29 is 9.32 Å². The Morgan fingerprint density at radius 3 is 2.92 bits per heavy atom. The van der Waals surface area contributed by atoms with Crippen molar-refractivity contribution in [2.75, 3.05) is 6.54 Å². The van der Waals surface area contributed by atoms with E-state index in [-0.39, 0.29) is 11.9 Å². The van der Waals surface area contributed by atoms with Crippen LogP contribution in [0.2, 0.25) is 0 Å². The van der Waals surface area contributed by atoms with Crippen molar-refractivity contribution in [3.63, 3.8) is 0 Å². The van der Waals surface area contributed by atoms with Crippen molar-refractivity contribution in [2.45, 2.75) is 32.7 Å². The van der Waals surface area contributed by atoms with Crippen LogP contribution in [0.5, 0.6) is 0 Å². The lowest BCUT2D eigenvalue weighted by molar-refractivity contribution is 0.0727. The molecule has 3 aromatic rings. The molecule has 8 heteroatoms. The second kappa shape index (κ2) is 6.12. The largest absolute Gasteiger partial charge is 0.361 e. The van der Waals surface area contributed by atoms with Crippen molar-refractivity contribution >= 4 is 5.91 Å². The number of hydrogen-bond acceptors (Lipinski definition) is 6. The van der Waals surface area contributed by atoms with Crippen LogP contribution in [-0.2, 0) is 0 Å². The maximum Gasteiger partial charge on any atom is 0.272 e. The van der Waals surface area contributed by atoms with Crippen molar-refractivity contribution in [1.82, 2.24) is 30.2 Å². The first-order valence-corrected chi connectivity index (χ1v) is 8.21. The lowest BCUT2D eigenvalue weighted by atomic mass is 10.1. The molecule has 1 amide bonds. The van der Waals surface area contributed by atoms with Crippen molar-refractivity contribution in [1.29, 1.82) is 0 Å². The summed E-state index contributed by atoms with van der Waals surface area (Å²) in [5.41, 5.74) is 2.89. The molecular formula is C17H18N6O2. The number of rotatable bonds is 3. The average Bonchev–Trinajstić information content (AvgIpc) is 3.36. The summed E-state index contributed by atoms with van der Waals surface area (Å²) in [4.78, 5) is 23.6. The van der Waals surface area contributed by atoms with Gasteiger partial charge in [0.1, 0.15) is 11.5 Å². The van der Waals surface area contributed by atoms with Gasteiger partial charge in [-0.2, -0.15) is 5.10 Å². The Balaban J connectivity index is 1.67. The minimum atomic E-state index is -0.0713. The summed E-state index contributed by atoms with van der Waals surface area (Å²) in [6.45, 7) is 4.41. The molecule has 0 aromatic carbocycles. The van der Waals surface area contributed by atoms with Crippen LogP contribution in [0.3, 0.4) is 0 Å². The van der Waals surface area contributed by atoms with E-state index in [1.807, 2.05) is 24.8 Å². The number of aromatic amines is 1. The summed E-state index contributed by atoms with van der Waals surface area (Å²) in [7, 11) is 0. The number of amides is 1. The molecule has 0 saturated carbocycles. The van der Waals surface area contributed by atoms with Crippen LogP contribution in [-0.4, -0.2) is 42.7 Å². The van der Waals surface area contributed by atoms with Gasteiger partial charge in [-0.1, -0.05) is 5.16 Å². The molecule has 1 atom stereocenters. The maximum absolute atomic E-state index is 12.7. The standard InChI is InChI=1S/C17H18N6O2/c1-10-15(11(2)25-22-10)16-18-7-5-12(20-16)14-4-3-9-23(14)17(24)13-6-8-19-21-13/h5-8,14H,3-4,9H2,1-2H3,(H,19,21)/t14-/m0/s1. The van der Waals surface area contributed by atoms with Crippen molar-refractivity contribution in [3.8, 4) is 11.4 Å². The maximum atomic E-state index is 12.7. The molecule has 25 heavy (non-hydrogen) atoms. The minimum absolute atomic E-state index is 0.0579. The number of nitrogens with zero attached hydrogens (tertiary/aromatic N) is 5. The molecule has 0 spiro atoms. The monoisotopic (exact) mass is 338 g/mol. The molecule has 0 aliphatic carbocycles.